The Hall–Kier alpha value is -11.2. The first-order chi connectivity index (χ1) is 50.7. The maximum absolute atomic E-state index is 12.4. The molecule has 12 N–H and O–H groups in total. The molecule has 0 spiro atoms. The number of fused-ring (bicyclic) bond motifs is 2. The zero-order chi connectivity index (χ0) is 81.6. The van der Waals surface area contributed by atoms with Crippen molar-refractivity contribution in [2.75, 3.05) is 72.3 Å². The van der Waals surface area contributed by atoms with Crippen molar-refractivity contribution in [2.24, 2.45) is 18.5 Å². The average Bonchev–Trinajstić information content (AvgIpc) is 1.66. The second-order valence-corrected chi connectivity index (χ2v) is 22.8. The van der Waals surface area contributed by atoms with Crippen LogP contribution < -0.4 is 55.2 Å². The number of carbonyl (C=O) groups excluding carboxylic acids is 12. The first-order valence-electron chi connectivity index (χ1n) is 34.1. The molecule has 4 aromatic heterocycles. The van der Waals surface area contributed by atoms with Crippen LogP contribution in [0, 0.1) is 22.8 Å². The van der Waals surface area contributed by atoms with Gasteiger partial charge >= 0.3 is 65.9 Å². The van der Waals surface area contributed by atoms with E-state index >= 15 is 0 Å². The minimum atomic E-state index is -1.02. The standard InChI is InChI=1S/C13H18N4O4.C12H16N4O4.C11H18N4O4.C7H10BrN3O2.C7H11N3O2.C5H7NO2.C5H11NO.C4H9NO2/c1-4-6-17-12(19)10-11(15(3)13(17)20)14-8-16(10)7-9(18)21-5-2;1-3-5-16-11(18)9-10(14-12(16)19)13-7-15(9)6-8(17)20-4-2;1-3-5-15-10(17)8(9(12)14-11(15)18)13-6-7(16)19-4-2;1-2-3-11-6(12)4(8)5(9)10-7(11)13;1-2-3-10-6(11)4-5(8)9-7(10)12;1-3-8-5(7)4-6-2;1-2-3-4-5(6)7;1-2-7-4(6)3-5/h8H,4-7H2,1-3H3;7H,3-6H2,1-2H3,(H,14,19);8,13H,3-6H2,1-2H3,(H2,12,14,18);4H,2-3H2,1H3,(H2,9,10,13);2-4H2,1H3,(H2,8,9,12);3-4H2,1H3;2-4H2,1H3,(H2,6,7);2-3,5H2,1H3. The van der Waals surface area contributed by atoms with Gasteiger partial charge in [0, 0.05) is 46.2 Å². The topological polar surface area (TPSA) is 571 Å². The molecular formula is C64H100BrN21O21. The summed E-state index contributed by atoms with van der Waals surface area (Å²) < 4.78 is 29.7. The van der Waals surface area contributed by atoms with E-state index in [4.69, 9.17) is 48.5 Å². The molecule has 7 heterocycles. The first kappa shape index (κ1) is 95.8. The van der Waals surface area contributed by atoms with E-state index in [1.54, 1.807) is 41.7 Å². The number of halogens is 1. The van der Waals surface area contributed by atoms with E-state index in [0.717, 1.165) is 43.1 Å². The van der Waals surface area contributed by atoms with Crippen LogP contribution in [0.15, 0.2) is 31.8 Å². The molecule has 107 heavy (non-hydrogen) atoms. The van der Waals surface area contributed by atoms with Crippen molar-refractivity contribution in [3.63, 3.8) is 0 Å². The summed E-state index contributed by atoms with van der Waals surface area (Å²) in [5.41, 5.74) is 8.81. The summed E-state index contributed by atoms with van der Waals surface area (Å²) >= 11 is 3.03. The summed E-state index contributed by atoms with van der Waals surface area (Å²) in [6.45, 7) is 28.8. The van der Waals surface area contributed by atoms with Gasteiger partial charge in [-0.3, -0.25) is 119 Å². The van der Waals surface area contributed by atoms with Crippen molar-refractivity contribution >= 4 is 127 Å². The Kier molecular flexibility index (Phi) is 46.5. The maximum Gasteiger partial charge on any atom is 0.387 e. The number of rotatable bonds is 27. The largest absolute Gasteiger partial charge is 0.465 e. The number of aromatic amines is 1. The Morgan fingerprint density at radius 2 is 1.04 bits per heavy atom. The third kappa shape index (κ3) is 32.4. The molecule has 3 fully saturated rings. The van der Waals surface area contributed by atoms with Crippen LogP contribution in [-0.4, -0.2) is 225 Å². The Bertz CT molecular complexity index is 4000. The van der Waals surface area contributed by atoms with Crippen molar-refractivity contribution in [3.05, 3.63) is 65.7 Å². The summed E-state index contributed by atoms with van der Waals surface area (Å²) in [4.78, 5) is 197. The molecule has 594 valence electrons. The van der Waals surface area contributed by atoms with Crippen LogP contribution in [0.2, 0.25) is 0 Å². The molecule has 0 saturated carbocycles. The van der Waals surface area contributed by atoms with Gasteiger partial charge in [0.05, 0.1) is 65.2 Å². The van der Waals surface area contributed by atoms with Crippen LogP contribution in [0.1, 0.15) is 134 Å². The number of unbranched alkanes of at least 4 members (excludes halogenated alkanes) is 1. The van der Waals surface area contributed by atoms with Gasteiger partial charge in [0.1, 0.15) is 36.6 Å². The van der Waals surface area contributed by atoms with E-state index in [9.17, 15) is 76.7 Å². The minimum absolute atomic E-state index is 0.00569. The highest BCUT2D eigenvalue weighted by atomic mass is 79.9. The van der Waals surface area contributed by atoms with Gasteiger partial charge in [-0.05, 0) is 73.1 Å². The van der Waals surface area contributed by atoms with Crippen LogP contribution >= 0.6 is 15.9 Å². The van der Waals surface area contributed by atoms with E-state index in [-0.39, 0.29) is 129 Å². The molecule has 2 atom stereocenters. The lowest BCUT2D eigenvalue weighted by molar-refractivity contribution is -0.144. The number of imide groups is 3. The van der Waals surface area contributed by atoms with Gasteiger partial charge in [-0.15, -0.1) is 0 Å². The molecule has 3 saturated heterocycles. The predicted molar refractivity (Wildman–Crippen MR) is 391 cm³/mol. The van der Waals surface area contributed by atoms with E-state index in [1.165, 1.54) is 26.4 Å². The van der Waals surface area contributed by atoms with Gasteiger partial charge in [-0.2, -0.15) is 0 Å². The van der Waals surface area contributed by atoms with Gasteiger partial charge in [0.25, 0.3) is 22.9 Å². The highest BCUT2D eigenvalue weighted by Crippen LogP contribution is 2.13. The number of H-pyrrole nitrogens is 1. The van der Waals surface area contributed by atoms with E-state index in [2.05, 4.69) is 66.5 Å². The van der Waals surface area contributed by atoms with Gasteiger partial charge < -0.3 is 49.1 Å². The molecule has 0 radical (unpaired) electrons. The molecule has 0 aliphatic carbocycles. The summed E-state index contributed by atoms with van der Waals surface area (Å²) in [7, 11) is 1.55. The highest BCUT2D eigenvalue weighted by molar-refractivity contribution is 9.10. The molecule has 43 heteroatoms. The van der Waals surface area contributed by atoms with Gasteiger partial charge in [0.15, 0.2) is 27.2 Å². The summed E-state index contributed by atoms with van der Waals surface area (Å²) in [5, 5.41) is 31.4. The smallest absolute Gasteiger partial charge is 0.387 e. The first-order valence-corrected chi connectivity index (χ1v) is 35.0. The maximum atomic E-state index is 12.4. The Morgan fingerprint density at radius 1 is 0.589 bits per heavy atom. The molecule has 2 unspecified atom stereocenters. The molecule has 3 aliphatic rings. The highest BCUT2D eigenvalue weighted by Gasteiger charge is 2.38. The lowest BCUT2D eigenvalue weighted by atomic mass is 10.1. The molecule has 7 rings (SSSR count). The number of amides is 10. The number of nitrogens with two attached hydrogens (primary N) is 2. The summed E-state index contributed by atoms with van der Waals surface area (Å²) in [6, 6.07) is -2.61. The molecular weight excluding hydrogens is 1480 g/mol. The predicted octanol–water partition coefficient (Wildman–Crippen LogP) is 0.819. The van der Waals surface area contributed by atoms with Crippen LogP contribution in [0.5, 0.6) is 0 Å². The average molecular weight is 1580 g/mol. The molecule has 4 aromatic rings. The monoisotopic (exact) mass is 1580 g/mol. The zero-order valence-electron chi connectivity index (χ0n) is 62.3. The molecule has 0 bridgehead atoms. The Balaban J connectivity index is 0.00000124. The van der Waals surface area contributed by atoms with Crippen LogP contribution in [0.4, 0.5) is 14.4 Å². The van der Waals surface area contributed by atoms with Gasteiger partial charge in [0.2, 0.25) is 11.8 Å². The van der Waals surface area contributed by atoms with Crippen molar-refractivity contribution in [1.82, 2.24) is 73.8 Å². The lowest BCUT2D eigenvalue weighted by Gasteiger charge is -2.31. The number of hydrogen-bond acceptors (Lipinski definition) is 28. The Morgan fingerprint density at radius 3 is 1.50 bits per heavy atom. The van der Waals surface area contributed by atoms with Gasteiger partial charge in [-0.25, -0.2) is 45.3 Å². The van der Waals surface area contributed by atoms with Crippen molar-refractivity contribution < 1.29 is 81.2 Å². The number of nitrogens with zero attached hydrogens (tertiary/aromatic N) is 11. The van der Waals surface area contributed by atoms with Crippen molar-refractivity contribution in [3.8, 4) is 0 Å². The number of esters is 5. The number of aromatic nitrogens is 8. The molecule has 3 aliphatic heterocycles. The van der Waals surface area contributed by atoms with Crippen molar-refractivity contribution in [1.29, 1.82) is 16.2 Å². The fraction of sp³-hybridized carbons (Fsp3) is 0.594. The van der Waals surface area contributed by atoms with Crippen LogP contribution in [-0.2, 0) is 100 Å². The molecule has 0 aromatic carbocycles. The third-order valence-electron chi connectivity index (χ3n) is 13.5. The van der Waals surface area contributed by atoms with Crippen LogP contribution in [0.25, 0.3) is 27.2 Å². The quantitative estimate of drug-likeness (QED) is 0.0171. The fourth-order valence-corrected chi connectivity index (χ4v) is 9.14. The molecule has 10 amide bonds. The van der Waals surface area contributed by atoms with E-state index in [1.807, 2.05) is 41.5 Å². The number of nitrogens with one attached hydrogen (secondary N) is 8. The number of carbonyl (C=O) groups is 12. The summed E-state index contributed by atoms with van der Waals surface area (Å²) in [5.74, 6) is -3.95. The number of aryl methyl sites for hydroxylation is 1. The number of amidine groups is 3. The number of primary amides is 1. The number of alkyl halides is 1. The second-order valence-electron chi connectivity index (χ2n) is 21.9. The minimum Gasteiger partial charge on any atom is -0.465 e. The number of hydrogen-bond donors (Lipinski definition) is 10. The number of imidazole rings is 2. The lowest BCUT2D eigenvalue weighted by Crippen LogP contribution is -2.65. The fourth-order valence-electron chi connectivity index (χ4n) is 8.78. The van der Waals surface area contributed by atoms with Gasteiger partial charge in [-0.1, -0.05) is 63.9 Å². The Labute approximate surface area is 623 Å². The normalized spacial score (nSPS) is 14.2. The molecule has 42 nitrogen and oxygen atoms in total. The SMILES string of the molecule is CCCCC(N)=O.CCCN1C(=O)CC(=N)NC1=O.CCCN1C(=O)NC(=N)C(Br)C1=O.CCCN1C(=O)NC(=N)C(NCC(=O)OCC)C1=O.CCCn1c(=O)[nH]c2ncn(CC(=O)OCC)c2c1=O.CCCn1c(=O)c2c(ncn2CC(=O)OCC)n(C)c1=O.CCOC(=O)CN.[C-]#[N+]CC(=O)OCC. The zero-order valence-corrected chi connectivity index (χ0v) is 63.9. The second kappa shape index (κ2) is 51.9. The van der Waals surface area contributed by atoms with E-state index < -0.39 is 81.2 Å². The number of urea groups is 3. The third-order valence-corrected chi connectivity index (χ3v) is 14.3. The van der Waals surface area contributed by atoms with Crippen molar-refractivity contribution in [2.45, 2.75) is 171 Å². The number of ether oxygens (including phenoxy) is 5. The van der Waals surface area contributed by atoms with E-state index in [0.29, 0.717) is 71.5 Å². The summed E-state index contributed by atoms with van der Waals surface area (Å²) in [6.07, 6.45) is 8.62. The van der Waals surface area contributed by atoms with Crippen LogP contribution in [0.3, 0.4) is 0 Å².